The van der Waals surface area contributed by atoms with Crippen LogP contribution in [0.25, 0.3) is 11.4 Å². The average molecular weight is 416 g/mol. The Morgan fingerprint density at radius 2 is 1.63 bits per heavy atom. The van der Waals surface area contributed by atoms with Crippen molar-refractivity contribution in [2.75, 3.05) is 0 Å². The number of nitrogens with one attached hydrogen (secondary N) is 1. The molecule has 1 amide bonds. The molecule has 0 aliphatic heterocycles. The zero-order valence-electron chi connectivity index (χ0n) is 16.0. The SMILES string of the molecule is O=C(NCc1ccc(Cl)cc1)c1ccc(-c2nccc(Oc3ccccc3)n2)cc1. The third-order valence-electron chi connectivity index (χ3n) is 4.37. The number of carbonyl (C=O) groups excluding carboxylic acids is 1. The maximum absolute atomic E-state index is 12.4. The number of para-hydroxylation sites is 1. The number of nitrogens with zero attached hydrogens (tertiary/aromatic N) is 2. The quantitative estimate of drug-likeness (QED) is 0.450. The third kappa shape index (κ3) is 5.01. The van der Waals surface area contributed by atoms with Crippen molar-refractivity contribution < 1.29 is 9.53 Å². The normalized spacial score (nSPS) is 10.4. The Labute approximate surface area is 179 Å². The van der Waals surface area contributed by atoms with Crippen molar-refractivity contribution >= 4 is 17.5 Å². The molecule has 4 rings (SSSR count). The van der Waals surface area contributed by atoms with Crippen LogP contribution in [0.5, 0.6) is 11.6 Å². The van der Waals surface area contributed by atoms with Crippen LogP contribution in [-0.2, 0) is 6.54 Å². The number of benzene rings is 3. The van der Waals surface area contributed by atoms with Gasteiger partial charge in [-0.05, 0) is 42.0 Å². The monoisotopic (exact) mass is 415 g/mol. The lowest BCUT2D eigenvalue weighted by molar-refractivity contribution is 0.0951. The van der Waals surface area contributed by atoms with E-state index in [-0.39, 0.29) is 5.91 Å². The van der Waals surface area contributed by atoms with Crippen LogP contribution in [-0.4, -0.2) is 15.9 Å². The van der Waals surface area contributed by atoms with Gasteiger partial charge in [0.25, 0.3) is 5.91 Å². The predicted octanol–water partition coefficient (Wildman–Crippen LogP) is 5.52. The average Bonchev–Trinajstić information content (AvgIpc) is 2.79. The molecule has 0 aliphatic rings. The van der Waals surface area contributed by atoms with Gasteiger partial charge in [0.15, 0.2) is 5.82 Å². The summed E-state index contributed by atoms with van der Waals surface area (Å²) in [5.41, 5.74) is 2.33. The summed E-state index contributed by atoms with van der Waals surface area (Å²) in [6.07, 6.45) is 1.65. The Morgan fingerprint density at radius 3 is 2.37 bits per heavy atom. The molecule has 4 aromatic rings. The fraction of sp³-hybridized carbons (Fsp3) is 0.0417. The van der Waals surface area contributed by atoms with Crippen molar-refractivity contribution in [2.45, 2.75) is 6.54 Å². The highest BCUT2D eigenvalue weighted by atomic mass is 35.5. The molecule has 1 heterocycles. The number of ether oxygens (including phenoxy) is 1. The molecule has 1 aromatic heterocycles. The van der Waals surface area contributed by atoms with Gasteiger partial charge in [-0.2, -0.15) is 4.98 Å². The second-order valence-corrected chi connectivity index (χ2v) is 6.96. The molecule has 6 heteroatoms. The highest BCUT2D eigenvalue weighted by Crippen LogP contribution is 2.22. The van der Waals surface area contributed by atoms with Crippen LogP contribution in [0.3, 0.4) is 0 Å². The van der Waals surface area contributed by atoms with Crippen molar-refractivity contribution in [3.05, 3.63) is 107 Å². The fourth-order valence-electron chi connectivity index (χ4n) is 2.80. The molecule has 0 atom stereocenters. The maximum Gasteiger partial charge on any atom is 0.251 e. The summed E-state index contributed by atoms with van der Waals surface area (Å²) in [6.45, 7) is 0.430. The second-order valence-electron chi connectivity index (χ2n) is 6.52. The van der Waals surface area contributed by atoms with Gasteiger partial charge in [0, 0.05) is 35.0 Å². The molecule has 30 heavy (non-hydrogen) atoms. The van der Waals surface area contributed by atoms with Gasteiger partial charge >= 0.3 is 0 Å². The maximum atomic E-state index is 12.4. The molecule has 0 unspecified atom stereocenters. The molecule has 3 aromatic carbocycles. The molecule has 0 radical (unpaired) electrons. The van der Waals surface area contributed by atoms with Crippen LogP contribution in [0.15, 0.2) is 91.1 Å². The minimum absolute atomic E-state index is 0.154. The van der Waals surface area contributed by atoms with Gasteiger partial charge in [-0.3, -0.25) is 4.79 Å². The first-order valence-electron chi connectivity index (χ1n) is 9.36. The second kappa shape index (κ2) is 9.20. The van der Waals surface area contributed by atoms with E-state index in [1.165, 1.54) is 0 Å². The number of aromatic nitrogens is 2. The first-order valence-corrected chi connectivity index (χ1v) is 9.74. The molecule has 0 saturated heterocycles. The molecule has 1 N–H and O–H groups in total. The standard InChI is InChI=1S/C24H18ClN3O2/c25-20-12-6-17(7-13-20)16-27-24(29)19-10-8-18(9-11-19)23-26-15-14-22(28-23)30-21-4-2-1-3-5-21/h1-15H,16H2,(H,27,29). The van der Waals surface area contributed by atoms with Gasteiger partial charge in [-0.1, -0.05) is 54.1 Å². The van der Waals surface area contributed by atoms with Crippen LogP contribution < -0.4 is 10.1 Å². The van der Waals surface area contributed by atoms with E-state index in [9.17, 15) is 4.79 Å². The summed E-state index contributed by atoms with van der Waals surface area (Å²) in [4.78, 5) is 21.2. The van der Waals surface area contributed by atoms with E-state index in [1.807, 2.05) is 54.6 Å². The van der Waals surface area contributed by atoms with E-state index in [4.69, 9.17) is 16.3 Å². The number of amides is 1. The molecule has 5 nitrogen and oxygen atoms in total. The minimum Gasteiger partial charge on any atom is -0.439 e. The van der Waals surface area contributed by atoms with Crippen molar-refractivity contribution in [3.63, 3.8) is 0 Å². The van der Waals surface area contributed by atoms with Gasteiger partial charge < -0.3 is 10.1 Å². The Morgan fingerprint density at radius 1 is 0.900 bits per heavy atom. The highest BCUT2D eigenvalue weighted by Gasteiger charge is 2.08. The van der Waals surface area contributed by atoms with Crippen molar-refractivity contribution in [2.24, 2.45) is 0 Å². The predicted molar refractivity (Wildman–Crippen MR) is 117 cm³/mol. The van der Waals surface area contributed by atoms with Crippen molar-refractivity contribution in [1.29, 1.82) is 0 Å². The first kappa shape index (κ1) is 19.6. The number of carbonyl (C=O) groups is 1. The van der Waals surface area contributed by atoms with E-state index in [0.717, 1.165) is 11.1 Å². The Bertz CT molecular complexity index is 1130. The van der Waals surface area contributed by atoms with Crippen molar-refractivity contribution in [3.8, 4) is 23.0 Å². The Kier molecular flexibility index (Phi) is 6.01. The van der Waals surface area contributed by atoms with Gasteiger partial charge in [0.1, 0.15) is 5.75 Å². The number of rotatable bonds is 6. The third-order valence-corrected chi connectivity index (χ3v) is 4.62. The zero-order valence-corrected chi connectivity index (χ0v) is 16.7. The smallest absolute Gasteiger partial charge is 0.251 e. The van der Waals surface area contributed by atoms with Crippen LogP contribution in [0.2, 0.25) is 5.02 Å². The molecule has 0 fully saturated rings. The zero-order chi connectivity index (χ0) is 20.8. The summed E-state index contributed by atoms with van der Waals surface area (Å²) in [5.74, 6) is 1.53. The lowest BCUT2D eigenvalue weighted by Gasteiger charge is -2.08. The topological polar surface area (TPSA) is 64.1 Å². The molecule has 0 saturated carbocycles. The molecule has 148 valence electrons. The van der Waals surface area contributed by atoms with E-state index >= 15 is 0 Å². The summed E-state index contributed by atoms with van der Waals surface area (Å²) < 4.78 is 5.76. The largest absolute Gasteiger partial charge is 0.439 e. The first-order chi connectivity index (χ1) is 14.7. The Hall–Kier alpha value is -3.70. The number of hydrogen-bond donors (Lipinski definition) is 1. The molecule has 0 bridgehead atoms. The van der Waals surface area contributed by atoms with Crippen LogP contribution in [0.1, 0.15) is 15.9 Å². The lowest BCUT2D eigenvalue weighted by Crippen LogP contribution is -2.22. The lowest BCUT2D eigenvalue weighted by atomic mass is 10.1. The molecular weight excluding hydrogens is 398 g/mol. The van der Waals surface area contributed by atoms with Gasteiger partial charge in [-0.25, -0.2) is 4.98 Å². The van der Waals surface area contributed by atoms with Crippen LogP contribution in [0.4, 0.5) is 0 Å². The minimum atomic E-state index is -0.154. The summed E-state index contributed by atoms with van der Waals surface area (Å²) in [5, 5.41) is 3.56. The van der Waals surface area contributed by atoms with Gasteiger partial charge in [-0.15, -0.1) is 0 Å². The van der Waals surface area contributed by atoms with Crippen LogP contribution >= 0.6 is 11.6 Å². The fourth-order valence-corrected chi connectivity index (χ4v) is 2.93. The molecule has 0 spiro atoms. The highest BCUT2D eigenvalue weighted by molar-refractivity contribution is 6.30. The molecule has 0 aliphatic carbocycles. The van der Waals surface area contributed by atoms with E-state index in [1.54, 1.807) is 36.5 Å². The molecular formula is C24H18ClN3O2. The van der Waals surface area contributed by atoms with E-state index in [0.29, 0.717) is 34.6 Å². The number of halogens is 1. The number of hydrogen-bond acceptors (Lipinski definition) is 4. The van der Waals surface area contributed by atoms with E-state index in [2.05, 4.69) is 15.3 Å². The summed E-state index contributed by atoms with van der Waals surface area (Å²) >= 11 is 5.88. The van der Waals surface area contributed by atoms with Crippen molar-refractivity contribution in [1.82, 2.24) is 15.3 Å². The van der Waals surface area contributed by atoms with Gasteiger partial charge in [0.2, 0.25) is 5.88 Å². The van der Waals surface area contributed by atoms with Gasteiger partial charge in [0.05, 0.1) is 0 Å². The summed E-state index contributed by atoms with van der Waals surface area (Å²) in [6, 6.07) is 25.6. The Balaban J connectivity index is 1.42. The van der Waals surface area contributed by atoms with Crippen LogP contribution in [0, 0.1) is 0 Å². The van der Waals surface area contributed by atoms with E-state index < -0.39 is 0 Å². The summed E-state index contributed by atoms with van der Waals surface area (Å²) in [7, 11) is 0.